The number of hydrogen-bond donors (Lipinski definition) is 1. The molecule has 0 unspecified atom stereocenters. The SMILES string of the molecule is Cc1cccc(C=Nc2ccc3ccccc3c2)c1O.[Br][W][Br]. The first-order chi connectivity index (χ1) is 11.2. The molecule has 0 atom stereocenters. The number of aromatic hydroxyl groups is 1. The monoisotopic (exact) mass is 603 g/mol. The van der Waals surface area contributed by atoms with Crippen LogP contribution in [0.2, 0.25) is 0 Å². The van der Waals surface area contributed by atoms with Crippen molar-refractivity contribution < 1.29 is 19.6 Å². The zero-order valence-electron chi connectivity index (χ0n) is 12.4. The number of fused-ring (bicyclic) bond motifs is 1. The number of rotatable bonds is 2. The quantitative estimate of drug-likeness (QED) is 0.343. The summed E-state index contributed by atoms with van der Waals surface area (Å²) in [6.07, 6.45) is 1.70. The van der Waals surface area contributed by atoms with E-state index in [1.165, 1.54) is 5.39 Å². The number of phenolic OH excluding ortho intramolecular Hbond substituents is 1. The van der Waals surface area contributed by atoms with Gasteiger partial charge in [0.2, 0.25) is 0 Å². The van der Waals surface area contributed by atoms with Gasteiger partial charge < -0.3 is 5.11 Å². The molecule has 0 bridgehead atoms. The fourth-order valence-electron chi connectivity index (χ4n) is 2.19. The fourth-order valence-corrected chi connectivity index (χ4v) is 2.19. The molecular formula is C18H15Br2NOW. The van der Waals surface area contributed by atoms with Crippen LogP contribution in [0.15, 0.2) is 65.7 Å². The van der Waals surface area contributed by atoms with Crippen molar-refractivity contribution in [1.82, 2.24) is 0 Å². The molecule has 0 radical (unpaired) electrons. The van der Waals surface area contributed by atoms with Crippen LogP contribution in [-0.2, 0) is 14.5 Å². The van der Waals surface area contributed by atoms with Gasteiger partial charge in [0, 0.05) is 11.8 Å². The van der Waals surface area contributed by atoms with Crippen LogP contribution in [0.25, 0.3) is 10.8 Å². The van der Waals surface area contributed by atoms with Gasteiger partial charge in [0.1, 0.15) is 5.75 Å². The van der Waals surface area contributed by atoms with E-state index in [1.54, 1.807) is 6.21 Å². The maximum absolute atomic E-state index is 9.96. The van der Waals surface area contributed by atoms with Crippen LogP contribution in [0.1, 0.15) is 11.1 Å². The molecule has 3 rings (SSSR count). The van der Waals surface area contributed by atoms with Crippen molar-refractivity contribution in [2.45, 2.75) is 6.92 Å². The van der Waals surface area contributed by atoms with Gasteiger partial charge in [0.25, 0.3) is 0 Å². The van der Waals surface area contributed by atoms with Gasteiger partial charge in [-0.1, -0.05) is 42.5 Å². The van der Waals surface area contributed by atoms with Gasteiger partial charge in [0.05, 0.1) is 5.69 Å². The molecule has 0 aromatic heterocycles. The minimum atomic E-state index is -0.125. The zero-order valence-corrected chi connectivity index (χ0v) is 18.5. The van der Waals surface area contributed by atoms with Gasteiger partial charge in [0.15, 0.2) is 0 Å². The Bertz CT molecular complexity index is 821. The number of aryl methyl sites for hydroxylation is 1. The first kappa shape index (κ1) is 18.4. The van der Waals surface area contributed by atoms with Crippen LogP contribution in [0.3, 0.4) is 0 Å². The Labute approximate surface area is 157 Å². The molecule has 0 saturated heterocycles. The molecule has 118 valence electrons. The minimum absolute atomic E-state index is 0.125. The summed E-state index contributed by atoms with van der Waals surface area (Å²) in [6, 6.07) is 19.9. The van der Waals surface area contributed by atoms with Crippen LogP contribution < -0.4 is 0 Å². The second-order valence-electron chi connectivity index (χ2n) is 4.86. The molecule has 0 spiro atoms. The zero-order chi connectivity index (χ0) is 16.7. The summed E-state index contributed by atoms with van der Waals surface area (Å²) in [5.41, 5.74) is 2.47. The van der Waals surface area contributed by atoms with E-state index in [0.717, 1.165) is 22.2 Å². The fraction of sp³-hybridized carbons (Fsp3) is 0.0556. The Morgan fingerprint density at radius 1 is 0.957 bits per heavy atom. The molecule has 0 fully saturated rings. The third-order valence-electron chi connectivity index (χ3n) is 3.35. The second-order valence-corrected chi connectivity index (χ2v) is 17.7. The molecule has 0 aliphatic heterocycles. The Hall–Kier alpha value is -0.962. The molecule has 0 heterocycles. The van der Waals surface area contributed by atoms with E-state index >= 15 is 0 Å². The van der Waals surface area contributed by atoms with Crippen LogP contribution in [0.4, 0.5) is 5.69 Å². The number of phenols is 1. The van der Waals surface area contributed by atoms with E-state index in [0.29, 0.717) is 0 Å². The van der Waals surface area contributed by atoms with E-state index in [-0.39, 0.29) is 20.2 Å². The number of halogens is 2. The van der Waals surface area contributed by atoms with Crippen molar-refractivity contribution in [2.75, 3.05) is 0 Å². The van der Waals surface area contributed by atoms with Crippen LogP contribution in [0.5, 0.6) is 5.75 Å². The predicted octanol–water partition coefficient (Wildman–Crippen LogP) is 6.29. The summed E-state index contributed by atoms with van der Waals surface area (Å²) in [5, 5.41) is 12.3. The van der Waals surface area contributed by atoms with Crippen LogP contribution in [0, 0.1) is 6.92 Å². The van der Waals surface area contributed by atoms with Gasteiger partial charge >= 0.3 is 41.0 Å². The average molecular weight is 605 g/mol. The molecule has 0 aliphatic rings. The van der Waals surface area contributed by atoms with E-state index in [2.05, 4.69) is 49.8 Å². The number of para-hydroxylation sites is 1. The molecule has 5 heteroatoms. The van der Waals surface area contributed by atoms with Crippen LogP contribution >= 0.6 is 26.6 Å². The third-order valence-corrected chi connectivity index (χ3v) is 3.35. The van der Waals surface area contributed by atoms with Crippen molar-refractivity contribution in [3.8, 4) is 5.75 Å². The normalized spacial score (nSPS) is 10.6. The first-order valence-corrected chi connectivity index (χ1v) is 19.7. The molecule has 0 amide bonds. The van der Waals surface area contributed by atoms with Gasteiger partial charge in [-0.25, -0.2) is 0 Å². The van der Waals surface area contributed by atoms with Gasteiger partial charge in [-0.3, -0.25) is 4.99 Å². The molecule has 3 aromatic carbocycles. The van der Waals surface area contributed by atoms with Gasteiger partial charge in [-0.05, 0) is 41.5 Å². The Morgan fingerprint density at radius 2 is 1.65 bits per heavy atom. The second kappa shape index (κ2) is 9.36. The number of aliphatic imine (C=N–C) groups is 1. The number of nitrogens with zero attached hydrogens (tertiary/aromatic N) is 1. The molecule has 1 N–H and O–H groups in total. The summed E-state index contributed by atoms with van der Waals surface area (Å²) in [7, 11) is 0. The summed E-state index contributed by atoms with van der Waals surface area (Å²) in [5.74, 6) is 0.289. The van der Waals surface area contributed by atoms with Crippen molar-refractivity contribution >= 4 is 49.3 Å². The maximum atomic E-state index is 9.96. The molecule has 23 heavy (non-hydrogen) atoms. The molecule has 2 nitrogen and oxygen atoms in total. The average Bonchev–Trinajstić information content (AvgIpc) is 2.57. The summed E-state index contributed by atoms with van der Waals surface area (Å²) in [4.78, 5) is 4.44. The topological polar surface area (TPSA) is 32.6 Å². The first-order valence-electron chi connectivity index (χ1n) is 6.86. The third kappa shape index (κ3) is 5.27. The van der Waals surface area contributed by atoms with Crippen molar-refractivity contribution in [3.63, 3.8) is 0 Å². The molecule has 0 saturated carbocycles. The Morgan fingerprint density at radius 3 is 2.39 bits per heavy atom. The van der Waals surface area contributed by atoms with Gasteiger partial charge in [-0.15, -0.1) is 0 Å². The number of hydrogen-bond acceptors (Lipinski definition) is 2. The molecule has 0 aliphatic carbocycles. The van der Waals surface area contributed by atoms with Crippen molar-refractivity contribution in [3.05, 3.63) is 71.8 Å². The summed E-state index contributed by atoms with van der Waals surface area (Å²) in [6.45, 7) is 1.88. The van der Waals surface area contributed by atoms with E-state index < -0.39 is 0 Å². The Kier molecular flexibility index (Phi) is 7.48. The Balaban J connectivity index is 0.000000595. The van der Waals surface area contributed by atoms with Crippen molar-refractivity contribution in [2.24, 2.45) is 4.99 Å². The molecular weight excluding hydrogens is 590 g/mol. The van der Waals surface area contributed by atoms with Crippen molar-refractivity contribution in [1.29, 1.82) is 0 Å². The molecule has 3 aromatic rings. The summed E-state index contributed by atoms with van der Waals surface area (Å²) < 4.78 is 0. The number of benzene rings is 3. The predicted molar refractivity (Wildman–Crippen MR) is 102 cm³/mol. The standard InChI is InChI=1S/C18H15NO.2BrH.W/c1-13-5-4-8-16(18(13)20)12-19-17-10-9-14-6-2-3-7-15(14)11-17;;;/h2-12,20H,1H3;2*1H;/q;;;+2/p-2. The van der Waals surface area contributed by atoms with E-state index in [9.17, 15) is 5.11 Å². The van der Waals surface area contributed by atoms with E-state index in [1.807, 2.05) is 49.4 Å². The van der Waals surface area contributed by atoms with Gasteiger partial charge in [-0.2, -0.15) is 0 Å². The van der Waals surface area contributed by atoms with E-state index in [4.69, 9.17) is 0 Å². The van der Waals surface area contributed by atoms with Crippen LogP contribution in [-0.4, -0.2) is 11.3 Å². The summed E-state index contributed by atoms with van der Waals surface area (Å²) >= 11 is 6.33.